The van der Waals surface area contributed by atoms with Gasteiger partial charge >= 0.3 is 0 Å². The van der Waals surface area contributed by atoms with E-state index in [0.29, 0.717) is 5.69 Å². The number of nitrogens with zero attached hydrogens (tertiary/aromatic N) is 1. The molecular formula is C13H19F2N. The van der Waals surface area contributed by atoms with Crippen molar-refractivity contribution in [2.24, 2.45) is 0 Å². The molecule has 0 aromatic carbocycles. The van der Waals surface area contributed by atoms with Crippen molar-refractivity contribution in [2.75, 3.05) is 0 Å². The summed E-state index contributed by atoms with van der Waals surface area (Å²) in [6, 6.07) is 0.908. The Kier molecular flexibility index (Phi) is 5.36. The first-order valence-corrected chi connectivity index (χ1v) is 5.96. The molecule has 1 heterocycles. The average molecular weight is 227 g/mol. The molecule has 1 aromatic heterocycles. The molecule has 3 heteroatoms. The van der Waals surface area contributed by atoms with Gasteiger partial charge < -0.3 is 0 Å². The number of halogens is 2. The Balaban J connectivity index is 2.49. The van der Waals surface area contributed by atoms with E-state index in [4.69, 9.17) is 0 Å². The van der Waals surface area contributed by atoms with E-state index < -0.39 is 11.6 Å². The van der Waals surface area contributed by atoms with Gasteiger partial charge in [0, 0.05) is 12.0 Å². The molecule has 0 spiro atoms. The molecule has 1 nitrogen and oxygen atoms in total. The van der Waals surface area contributed by atoms with E-state index >= 15 is 0 Å². The fourth-order valence-corrected chi connectivity index (χ4v) is 1.80. The lowest BCUT2D eigenvalue weighted by atomic mass is 9.98. The van der Waals surface area contributed by atoms with E-state index in [2.05, 4.69) is 11.9 Å². The summed E-state index contributed by atoms with van der Waals surface area (Å²) in [6.45, 7) is 4.10. The van der Waals surface area contributed by atoms with Crippen molar-refractivity contribution in [1.82, 2.24) is 4.98 Å². The van der Waals surface area contributed by atoms with Gasteiger partial charge in [-0.25, -0.2) is 8.78 Å². The SMILES string of the molecule is CCCCCCC(C)c1ncc(F)cc1F. The van der Waals surface area contributed by atoms with Gasteiger partial charge in [0.05, 0.1) is 11.9 Å². The molecule has 0 aliphatic carbocycles. The zero-order chi connectivity index (χ0) is 12.0. The molecule has 0 bridgehead atoms. The highest BCUT2D eigenvalue weighted by molar-refractivity contribution is 5.12. The second-order valence-electron chi connectivity index (χ2n) is 4.27. The fourth-order valence-electron chi connectivity index (χ4n) is 1.80. The minimum absolute atomic E-state index is 0.0671. The third-order valence-corrected chi connectivity index (χ3v) is 2.79. The molecule has 1 rings (SSSR count). The quantitative estimate of drug-likeness (QED) is 0.655. The molecular weight excluding hydrogens is 208 g/mol. The molecule has 0 amide bonds. The molecule has 16 heavy (non-hydrogen) atoms. The predicted octanol–water partition coefficient (Wildman–Crippen LogP) is 4.43. The van der Waals surface area contributed by atoms with Crippen molar-refractivity contribution in [1.29, 1.82) is 0 Å². The van der Waals surface area contributed by atoms with Gasteiger partial charge in [0.25, 0.3) is 0 Å². The molecule has 90 valence electrons. The van der Waals surface area contributed by atoms with E-state index in [0.717, 1.165) is 25.1 Å². The maximum atomic E-state index is 13.4. The Hall–Kier alpha value is -0.990. The Bertz CT molecular complexity index is 326. The first-order chi connectivity index (χ1) is 7.65. The highest BCUT2D eigenvalue weighted by Gasteiger charge is 2.12. The third-order valence-electron chi connectivity index (χ3n) is 2.79. The van der Waals surface area contributed by atoms with Crippen LogP contribution in [-0.2, 0) is 0 Å². The zero-order valence-electron chi connectivity index (χ0n) is 9.97. The monoisotopic (exact) mass is 227 g/mol. The summed E-state index contributed by atoms with van der Waals surface area (Å²) < 4.78 is 26.0. The van der Waals surface area contributed by atoms with Crippen molar-refractivity contribution in [2.45, 2.75) is 51.9 Å². The van der Waals surface area contributed by atoms with Crippen molar-refractivity contribution >= 4 is 0 Å². The normalized spacial score (nSPS) is 12.8. The maximum Gasteiger partial charge on any atom is 0.147 e. The molecule has 0 aliphatic heterocycles. The lowest BCUT2D eigenvalue weighted by Gasteiger charge is -2.11. The Morgan fingerprint density at radius 2 is 2.00 bits per heavy atom. The van der Waals surface area contributed by atoms with E-state index in [1.54, 1.807) is 0 Å². The van der Waals surface area contributed by atoms with E-state index in [9.17, 15) is 8.78 Å². The summed E-state index contributed by atoms with van der Waals surface area (Å²) in [6.07, 6.45) is 6.65. The molecule has 0 N–H and O–H groups in total. The first-order valence-electron chi connectivity index (χ1n) is 5.96. The zero-order valence-corrected chi connectivity index (χ0v) is 9.97. The summed E-state index contributed by atoms with van der Waals surface area (Å²) in [5.74, 6) is -1.07. The van der Waals surface area contributed by atoms with Crippen LogP contribution in [-0.4, -0.2) is 4.98 Å². The Morgan fingerprint density at radius 1 is 1.25 bits per heavy atom. The van der Waals surface area contributed by atoms with Crippen LogP contribution in [0.25, 0.3) is 0 Å². The number of hydrogen-bond acceptors (Lipinski definition) is 1. The Labute approximate surface area is 95.9 Å². The third kappa shape index (κ3) is 3.87. The van der Waals surface area contributed by atoms with Gasteiger partial charge in [0.2, 0.25) is 0 Å². The molecule has 0 saturated carbocycles. The van der Waals surface area contributed by atoms with Gasteiger partial charge in [-0.3, -0.25) is 4.98 Å². The lowest BCUT2D eigenvalue weighted by Crippen LogP contribution is -2.02. The molecule has 1 aromatic rings. The second kappa shape index (κ2) is 6.56. The standard InChI is InChI=1S/C13H19F2N/c1-3-4-5-6-7-10(2)13-12(15)8-11(14)9-16-13/h8-10H,3-7H2,1-2H3. The van der Waals surface area contributed by atoms with Crippen molar-refractivity contribution in [3.8, 4) is 0 Å². The van der Waals surface area contributed by atoms with Crippen molar-refractivity contribution in [3.05, 3.63) is 29.6 Å². The predicted molar refractivity (Wildman–Crippen MR) is 61.3 cm³/mol. The smallest absolute Gasteiger partial charge is 0.147 e. The highest BCUT2D eigenvalue weighted by Crippen LogP contribution is 2.22. The van der Waals surface area contributed by atoms with E-state index in [1.165, 1.54) is 19.3 Å². The number of aromatic nitrogens is 1. The van der Waals surface area contributed by atoms with Crippen LogP contribution in [0.4, 0.5) is 8.78 Å². The van der Waals surface area contributed by atoms with Gasteiger partial charge in [-0.05, 0) is 6.42 Å². The molecule has 0 radical (unpaired) electrons. The molecule has 0 fully saturated rings. The minimum atomic E-state index is -0.612. The molecule has 1 atom stereocenters. The lowest BCUT2D eigenvalue weighted by molar-refractivity contribution is 0.515. The second-order valence-corrected chi connectivity index (χ2v) is 4.27. The number of pyridine rings is 1. The van der Waals surface area contributed by atoms with Crippen LogP contribution in [0.2, 0.25) is 0 Å². The van der Waals surface area contributed by atoms with Crippen LogP contribution in [0.5, 0.6) is 0 Å². The van der Waals surface area contributed by atoms with Crippen LogP contribution < -0.4 is 0 Å². The van der Waals surface area contributed by atoms with Crippen LogP contribution in [0.3, 0.4) is 0 Å². The average Bonchev–Trinajstić information content (AvgIpc) is 2.24. The maximum absolute atomic E-state index is 13.4. The van der Waals surface area contributed by atoms with Gasteiger partial charge in [-0.1, -0.05) is 39.5 Å². The summed E-state index contributed by atoms with van der Waals surface area (Å²) >= 11 is 0. The summed E-state index contributed by atoms with van der Waals surface area (Å²) in [7, 11) is 0. The summed E-state index contributed by atoms with van der Waals surface area (Å²) in [5.41, 5.74) is 0.387. The van der Waals surface area contributed by atoms with Crippen molar-refractivity contribution in [3.63, 3.8) is 0 Å². The van der Waals surface area contributed by atoms with Crippen LogP contribution >= 0.6 is 0 Å². The largest absolute Gasteiger partial charge is 0.255 e. The van der Waals surface area contributed by atoms with Crippen LogP contribution in [0.1, 0.15) is 57.6 Å². The molecule has 0 saturated heterocycles. The first kappa shape index (κ1) is 13.1. The van der Waals surface area contributed by atoms with Gasteiger partial charge in [0.1, 0.15) is 11.6 Å². The number of hydrogen-bond donors (Lipinski definition) is 0. The van der Waals surface area contributed by atoms with Crippen LogP contribution in [0, 0.1) is 11.6 Å². The Morgan fingerprint density at radius 3 is 2.62 bits per heavy atom. The van der Waals surface area contributed by atoms with E-state index in [1.807, 2.05) is 6.92 Å². The van der Waals surface area contributed by atoms with Gasteiger partial charge in [-0.2, -0.15) is 0 Å². The topological polar surface area (TPSA) is 12.9 Å². The molecule has 0 aliphatic rings. The number of rotatable bonds is 6. The highest BCUT2D eigenvalue weighted by atomic mass is 19.1. The summed E-state index contributed by atoms with van der Waals surface area (Å²) in [5, 5.41) is 0. The summed E-state index contributed by atoms with van der Waals surface area (Å²) in [4.78, 5) is 3.83. The van der Waals surface area contributed by atoms with Crippen LogP contribution in [0.15, 0.2) is 12.3 Å². The minimum Gasteiger partial charge on any atom is -0.255 e. The number of unbranched alkanes of at least 4 members (excludes halogenated alkanes) is 3. The molecule has 1 unspecified atom stereocenters. The van der Waals surface area contributed by atoms with Gasteiger partial charge in [-0.15, -0.1) is 0 Å². The van der Waals surface area contributed by atoms with E-state index in [-0.39, 0.29) is 5.92 Å². The van der Waals surface area contributed by atoms with Crippen molar-refractivity contribution < 1.29 is 8.78 Å². The fraction of sp³-hybridized carbons (Fsp3) is 0.615. The van der Waals surface area contributed by atoms with Gasteiger partial charge in [0.15, 0.2) is 0 Å².